The van der Waals surface area contributed by atoms with Gasteiger partial charge >= 0.3 is 18.8 Å². The second-order valence-corrected chi connectivity index (χ2v) is 7.49. The number of benzene rings is 1. The maximum absolute atomic E-state index is 12.8. The largest absolute Gasteiger partial charge is 0.435 e. The van der Waals surface area contributed by atoms with E-state index in [-0.39, 0.29) is 36.9 Å². The smallest absolute Gasteiger partial charge is 0.390 e. The molecule has 0 saturated carbocycles. The summed E-state index contributed by atoms with van der Waals surface area (Å²) in [4.78, 5) is 22.7. The van der Waals surface area contributed by atoms with Gasteiger partial charge in [-0.15, -0.1) is 0 Å². The highest BCUT2D eigenvalue weighted by atomic mass is 19.4. The van der Waals surface area contributed by atoms with E-state index in [1.807, 2.05) is 6.92 Å². The predicted octanol–water partition coefficient (Wildman–Crippen LogP) is 4.66. The molecule has 180 valence electrons. The summed E-state index contributed by atoms with van der Waals surface area (Å²) >= 11 is 0. The van der Waals surface area contributed by atoms with Crippen molar-refractivity contribution in [2.24, 2.45) is 0 Å². The molecule has 12 heteroatoms. The minimum atomic E-state index is -4.28. The average molecular weight is 473 g/mol. The first-order chi connectivity index (χ1) is 15.6. The van der Waals surface area contributed by atoms with Crippen LogP contribution < -0.4 is 15.4 Å². The molecule has 1 aromatic carbocycles. The zero-order valence-corrected chi connectivity index (χ0v) is 17.8. The Balaban J connectivity index is 1.60. The average Bonchev–Trinajstić information content (AvgIpc) is 2.76. The van der Waals surface area contributed by atoms with Crippen molar-refractivity contribution in [3.8, 4) is 5.75 Å². The third kappa shape index (κ3) is 7.16. The van der Waals surface area contributed by atoms with E-state index in [0.717, 1.165) is 11.1 Å². The Labute approximate surface area is 187 Å². The lowest BCUT2D eigenvalue weighted by Gasteiger charge is -2.30. The number of ether oxygens (including phenoxy) is 1. The fraction of sp³-hybridized carbons (Fsp3) is 0.476. The van der Waals surface area contributed by atoms with Crippen LogP contribution in [-0.2, 0) is 13.0 Å². The number of hydrogen-bond donors (Lipinski definition) is 2. The third-order valence-corrected chi connectivity index (χ3v) is 5.14. The lowest BCUT2D eigenvalue weighted by molar-refractivity contribution is -0.131. The number of hydrogen-bond acceptors (Lipinski definition) is 5. The molecule has 0 bridgehead atoms. The molecule has 7 nitrogen and oxygen atoms in total. The molecule has 0 fully saturated rings. The van der Waals surface area contributed by atoms with Crippen molar-refractivity contribution < 1.29 is 31.5 Å². The van der Waals surface area contributed by atoms with Gasteiger partial charge in [-0.2, -0.15) is 22.0 Å². The van der Waals surface area contributed by atoms with Gasteiger partial charge in [-0.3, -0.25) is 0 Å². The second-order valence-electron chi connectivity index (χ2n) is 7.49. The molecule has 0 spiro atoms. The zero-order valence-electron chi connectivity index (χ0n) is 17.8. The standard InChI is InChI=1S/C21H24F5N5O2/c1-2-16(13-3-5-15(6-4-13)33-18(22)23)30-20(32)31-10-7-14-11-28-19(29-17(14)12-31)27-9-8-21(24,25)26/h3-6,11,16,18H,2,7-10,12H2,1H3,(H,30,32)(H,27,28,29)/t16-/m1/s1. The van der Waals surface area contributed by atoms with E-state index in [4.69, 9.17) is 0 Å². The lowest BCUT2D eigenvalue weighted by Crippen LogP contribution is -2.44. The fourth-order valence-electron chi connectivity index (χ4n) is 3.42. The summed E-state index contributed by atoms with van der Waals surface area (Å²) in [7, 11) is 0. The number of amides is 2. The highest BCUT2D eigenvalue weighted by molar-refractivity contribution is 5.75. The number of halogens is 5. The van der Waals surface area contributed by atoms with Crippen LogP contribution >= 0.6 is 0 Å². The summed E-state index contributed by atoms with van der Waals surface area (Å²) in [6.45, 7) is -0.753. The second kappa shape index (κ2) is 10.6. The monoisotopic (exact) mass is 473 g/mol. The molecule has 2 heterocycles. The number of urea groups is 1. The zero-order chi connectivity index (χ0) is 24.0. The summed E-state index contributed by atoms with van der Waals surface area (Å²) in [5.41, 5.74) is 2.15. The Morgan fingerprint density at radius 3 is 2.61 bits per heavy atom. The molecule has 0 radical (unpaired) electrons. The molecule has 1 aliphatic heterocycles. The van der Waals surface area contributed by atoms with Crippen molar-refractivity contribution in [2.45, 2.75) is 51.6 Å². The third-order valence-electron chi connectivity index (χ3n) is 5.14. The molecule has 0 unspecified atom stereocenters. The van der Waals surface area contributed by atoms with Crippen LogP contribution in [0.1, 0.15) is 42.6 Å². The van der Waals surface area contributed by atoms with E-state index in [1.165, 1.54) is 12.1 Å². The maximum atomic E-state index is 12.8. The van der Waals surface area contributed by atoms with Gasteiger partial charge < -0.3 is 20.3 Å². The van der Waals surface area contributed by atoms with E-state index in [9.17, 15) is 26.7 Å². The Morgan fingerprint density at radius 2 is 1.97 bits per heavy atom. The van der Waals surface area contributed by atoms with Gasteiger partial charge in [-0.25, -0.2) is 14.8 Å². The first-order valence-corrected chi connectivity index (χ1v) is 10.4. The molecule has 33 heavy (non-hydrogen) atoms. The number of anilines is 1. The molecule has 3 rings (SSSR count). The molecule has 0 aliphatic carbocycles. The van der Waals surface area contributed by atoms with Crippen molar-refractivity contribution in [2.75, 3.05) is 18.4 Å². The van der Waals surface area contributed by atoms with Crippen molar-refractivity contribution in [3.05, 3.63) is 47.3 Å². The summed E-state index contributed by atoms with van der Waals surface area (Å²) < 4.78 is 66.0. The highest BCUT2D eigenvalue weighted by Crippen LogP contribution is 2.24. The van der Waals surface area contributed by atoms with Crippen LogP contribution in [0.5, 0.6) is 5.75 Å². The maximum Gasteiger partial charge on any atom is 0.390 e. The van der Waals surface area contributed by atoms with Gasteiger partial charge in [-0.1, -0.05) is 19.1 Å². The number of rotatable bonds is 8. The van der Waals surface area contributed by atoms with Gasteiger partial charge in [0.1, 0.15) is 5.75 Å². The number of carbonyl (C=O) groups is 1. The summed E-state index contributed by atoms with van der Waals surface area (Å²) in [5, 5.41) is 5.48. The number of alkyl halides is 5. The topological polar surface area (TPSA) is 79.4 Å². The molecule has 2 amide bonds. The van der Waals surface area contributed by atoms with Crippen LogP contribution in [0.2, 0.25) is 0 Å². The van der Waals surface area contributed by atoms with Gasteiger partial charge in [0.25, 0.3) is 0 Å². The first kappa shape index (κ1) is 24.5. The number of nitrogens with one attached hydrogen (secondary N) is 2. The number of fused-ring (bicyclic) bond motifs is 1. The minimum absolute atomic E-state index is 0.0295. The SMILES string of the molecule is CC[C@@H](NC(=O)N1CCc2cnc(NCCC(F)(F)F)nc2C1)c1ccc(OC(F)F)cc1. The molecule has 1 aromatic heterocycles. The normalized spacial score (nSPS) is 14.6. The molecule has 2 aromatic rings. The van der Waals surface area contributed by atoms with Gasteiger partial charge in [0, 0.05) is 19.3 Å². The van der Waals surface area contributed by atoms with Gasteiger partial charge in [0.15, 0.2) is 0 Å². The fourth-order valence-corrected chi connectivity index (χ4v) is 3.42. The molecule has 1 atom stereocenters. The van der Waals surface area contributed by atoms with Crippen LogP contribution in [0, 0.1) is 0 Å². The van der Waals surface area contributed by atoms with Crippen molar-refractivity contribution in [1.82, 2.24) is 20.2 Å². The molecular weight excluding hydrogens is 449 g/mol. The van der Waals surface area contributed by atoms with E-state index >= 15 is 0 Å². The molecule has 2 N–H and O–H groups in total. The van der Waals surface area contributed by atoms with Gasteiger partial charge in [-0.05, 0) is 36.1 Å². The predicted molar refractivity (Wildman–Crippen MR) is 110 cm³/mol. The number of carbonyl (C=O) groups excluding carboxylic acids is 1. The minimum Gasteiger partial charge on any atom is -0.435 e. The van der Waals surface area contributed by atoms with E-state index in [2.05, 4.69) is 25.3 Å². The Kier molecular flexibility index (Phi) is 7.88. The van der Waals surface area contributed by atoms with E-state index < -0.39 is 19.2 Å². The summed E-state index contributed by atoms with van der Waals surface area (Å²) in [6, 6.07) is 5.39. The molecule has 0 saturated heterocycles. The molecule has 1 aliphatic rings. The van der Waals surface area contributed by atoms with Gasteiger partial charge in [0.2, 0.25) is 5.95 Å². The van der Waals surface area contributed by atoms with Crippen molar-refractivity contribution in [1.29, 1.82) is 0 Å². The van der Waals surface area contributed by atoms with Crippen LogP contribution in [0.4, 0.5) is 32.7 Å². The van der Waals surface area contributed by atoms with E-state index in [1.54, 1.807) is 23.2 Å². The molecular formula is C21H24F5N5O2. The van der Waals surface area contributed by atoms with Crippen LogP contribution in [0.3, 0.4) is 0 Å². The number of nitrogens with zero attached hydrogens (tertiary/aromatic N) is 3. The quantitative estimate of drug-likeness (QED) is 0.546. The van der Waals surface area contributed by atoms with Crippen molar-refractivity contribution >= 4 is 12.0 Å². The number of aromatic nitrogens is 2. The lowest BCUT2D eigenvalue weighted by atomic mass is 10.0. The Morgan fingerprint density at radius 1 is 1.24 bits per heavy atom. The van der Waals surface area contributed by atoms with Gasteiger partial charge in [0.05, 0.1) is 24.7 Å². The summed E-state index contributed by atoms with van der Waals surface area (Å²) in [6.07, 6.45) is -2.63. The van der Waals surface area contributed by atoms with Crippen LogP contribution in [0.25, 0.3) is 0 Å². The van der Waals surface area contributed by atoms with Crippen LogP contribution in [-0.4, -0.2) is 46.8 Å². The summed E-state index contributed by atoms with van der Waals surface area (Å²) in [5.74, 6) is 0.111. The van der Waals surface area contributed by atoms with Crippen LogP contribution in [0.15, 0.2) is 30.5 Å². The van der Waals surface area contributed by atoms with Crippen molar-refractivity contribution in [3.63, 3.8) is 0 Å². The highest BCUT2D eigenvalue weighted by Gasteiger charge is 2.27. The first-order valence-electron chi connectivity index (χ1n) is 10.4. The Bertz CT molecular complexity index is 940. The Hall–Kier alpha value is -3.18. The van der Waals surface area contributed by atoms with E-state index in [0.29, 0.717) is 25.1 Å².